The number of hydrogen-bond acceptors (Lipinski definition) is 4. The zero-order chi connectivity index (χ0) is 15.1. The first-order valence-electron chi connectivity index (χ1n) is 5.28. The maximum Gasteiger partial charge on any atom is 0.271 e. The highest BCUT2D eigenvalue weighted by atomic mass is 16.2. The van der Waals surface area contributed by atoms with Crippen LogP contribution in [0, 0.1) is 0 Å². The molecule has 0 saturated heterocycles. The van der Waals surface area contributed by atoms with Crippen LogP contribution in [-0.2, 0) is 0 Å². The molecule has 20 heavy (non-hydrogen) atoms. The van der Waals surface area contributed by atoms with Crippen LogP contribution in [0.1, 0.15) is 20.7 Å². The monoisotopic (exact) mass is 278 g/mol. The molecule has 10 N–H and O–H groups in total. The summed E-state index contributed by atoms with van der Waals surface area (Å²) in [6, 6.07) is 5.80. The van der Waals surface area contributed by atoms with Gasteiger partial charge in [-0.15, -0.1) is 10.2 Å². The fourth-order valence-corrected chi connectivity index (χ4v) is 1.16. The molecule has 0 heterocycles. The molecular formula is C10H14N8O2. The van der Waals surface area contributed by atoms with E-state index < -0.39 is 11.8 Å². The van der Waals surface area contributed by atoms with Crippen LogP contribution in [0.15, 0.2) is 34.5 Å². The number of nitrogens with two attached hydrogens (primary N) is 4. The molecule has 10 heteroatoms. The Balaban J connectivity index is 2.85. The van der Waals surface area contributed by atoms with Gasteiger partial charge in [0.15, 0.2) is 0 Å². The Morgan fingerprint density at radius 2 is 1.25 bits per heavy atom. The molecule has 0 spiro atoms. The number of amides is 2. The second-order valence-corrected chi connectivity index (χ2v) is 3.54. The number of guanidine groups is 2. The van der Waals surface area contributed by atoms with Crippen molar-refractivity contribution in [2.75, 3.05) is 0 Å². The Morgan fingerprint density at radius 3 is 1.60 bits per heavy atom. The van der Waals surface area contributed by atoms with Crippen molar-refractivity contribution in [1.82, 2.24) is 10.9 Å². The zero-order valence-corrected chi connectivity index (χ0v) is 10.3. The lowest BCUT2D eigenvalue weighted by molar-refractivity contribution is 0.0954. The fraction of sp³-hybridized carbons (Fsp3) is 0. The highest BCUT2D eigenvalue weighted by Gasteiger charge is 2.09. The molecule has 0 aromatic heterocycles. The Morgan fingerprint density at radius 1 is 0.850 bits per heavy atom. The van der Waals surface area contributed by atoms with Gasteiger partial charge in [-0.05, 0) is 18.2 Å². The van der Waals surface area contributed by atoms with E-state index in [1.54, 1.807) is 0 Å². The Bertz CT molecular complexity index is 525. The van der Waals surface area contributed by atoms with Gasteiger partial charge in [-0.3, -0.25) is 9.59 Å². The largest absolute Gasteiger partial charge is 0.369 e. The first-order chi connectivity index (χ1) is 9.40. The molecule has 0 unspecified atom stereocenters. The van der Waals surface area contributed by atoms with Crippen LogP contribution < -0.4 is 33.8 Å². The second kappa shape index (κ2) is 6.58. The molecule has 1 aromatic carbocycles. The smallest absolute Gasteiger partial charge is 0.271 e. The van der Waals surface area contributed by atoms with Crippen molar-refractivity contribution >= 4 is 23.7 Å². The lowest BCUT2D eigenvalue weighted by Crippen LogP contribution is -2.30. The van der Waals surface area contributed by atoms with Gasteiger partial charge in [0.2, 0.25) is 11.9 Å². The van der Waals surface area contributed by atoms with Gasteiger partial charge in [0, 0.05) is 11.1 Å². The third kappa shape index (κ3) is 4.52. The summed E-state index contributed by atoms with van der Waals surface area (Å²) < 4.78 is 0. The first-order valence-corrected chi connectivity index (χ1v) is 5.28. The maximum atomic E-state index is 11.7. The van der Waals surface area contributed by atoms with Crippen molar-refractivity contribution in [2.24, 2.45) is 33.1 Å². The summed E-state index contributed by atoms with van der Waals surface area (Å²) in [6.07, 6.45) is 0. The van der Waals surface area contributed by atoms with Crippen LogP contribution in [0.4, 0.5) is 0 Å². The quantitative estimate of drug-likeness (QED) is 0.201. The minimum atomic E-state index is -0.574. The molecule has 0 saturated carbocycles. The van der Waals surface area contributed by atoms with Gasteiger partial charge >= 0.3 is 0 Å². The lowest BCUT2D eigenvalue weighted by atomic mass is 10.1. The average Bonchev–Trinajstić information content (AvgIpc) is 2.42. The van der Waals surface area contributed by atoms with E-state index in [1.165, 1.54) is 24.3 Å². The Kier molecular flexibility index (Phi) is 4.86. The van der Waals surface area contributed by atoms with Crippen LogP contribution in [-0.4, -0.2) is 23.7 Å². The van der Waals surface area contributed by atoms with Crippen LogP contribution in [0.25, 0.3) is 0 Å². The van der Waals surface area contributed by atoms with Crippen LogP contribution in [0.3, 0.4) is 0 Å². The first kappa shape index (κ1) is 14.8. The van der Waals surface area contributed by atoms with E-state index in [1.807, 2.05) is 0 Å². The summed E-state index contributed by atoms with van der Waals surface area (Å²) in [5.41, 5.74) is 24.9. The lowest BCUT2D eigenvalue weighted by Gasteiger charge is -2.03. The third-order valence-corrected chi connectivity index (χ3v) is 1.96. The average molecular weight is 278 g/mol. The second-order valence-electron chi connectivity index (χ2n) is 3.54. The molecule has 0 bridgehead atoms. The molecule has 1 aromatic rings. The maximum absolute atomic E-state index is 11.7. The highest BCUT2D eigenvalue weighted by Crippen LogP contribution is 2.05. The number of hydrazone groups is 2. The van der Waals surface area contributed by atoms with Gasteiger partial charge in [0.05, 0.1) is 0 Å². The van der Waals surface area contributed by atoms with Crippen LogP contribution in [0.5, 0.6) is 0 Å². The molecule has 0 aliphatic rings. The number of benzene rings is 1. The van der Waals surface area contributed by atoms with Gasteiger partial charge in [0.25, 0.3) is 11.8 Å². The van der Waals surface area contributed by atoms with Gasteiger partial charge in [-0.2, -0.15) is 0 Å². The molecule has 0 aliphatic heterocycles. The number of rotatable bonds is 4. The van der Waals surface area contributed by atoms with E-state index in [2.05, 4.69) is 21.1 Å². The third-order valence-electron chi connectivity index (χ3n) is 1.96. The molecule has 0 atom stereocenters. The van der Waals surface area contributed by atoms with E-state index in [0.717, 1.165) is 0 Å². The summed E-state index contributed by atoms with van der Waals surface area (Å²) in [5.74, 6) is -1.73. The predicted molar refractivity (Wildman–Crippen MR) is 73.0 cm³/mol. The molecular weight excluding hydrogens is 264 g/mol. The molecule has 2 amide bonds. The summed E-state index contributed by atoms with van der Waals surface area (Å²) in [7, 11) is 0. The minimum absolute atomic E-state index is 0.187. The predicted octanol–water partition coefficient (Wildman–Crippen LogP) is -2.48. The zero-order valence-electron chi connectivity index (χ0n) is 10.3. The number of nitrogens with one attached hydrogen (secondary N) is 2. The normalized spacial score (nSPS) is 9.20. The van der Waals surface area contributed by atoms with E-state index >= 15 is 0 Å². The van der Waals surface area contributed by atoms with Gasteiger partial charge < -0.3 is 22.9 Å². The molecule has 10 nitrogen and oxygen atoms in total. The van der Waals surface area contributed by atoms with Gasteiger partial charge in [-0.25, -0.2) is 10.9 Å². The molecule has 1 rings (SSSR count). The van der Waals surface area contributed by atoms with E-state index in [-0.39, 0.29) is 23.0 Å². The summed E-state index contributed by atoms with van der Waals surface area (Å²) in [4.78, 5) is 23.3. The number of carbonyl (C=O) groups excluding carboxylic acids is 2. The highest BCUT2D eigenvalue weighted by molar-refractivity contribution is 6.00. The molecule has 0 aliphatic carbocycles. The Labute approximate surface area is 113 Å². The van der Waals surface area contributed by atoms with E-state index in [4.69, 9.17) is 22.9 Å². The number of hydrogen-bond donors (Lipinski definition) is 6. The van der Waals surface area contributed by atoms with Crippen molar-refractivity contribution in [2.45, 2.75) is 0 Å². The van der Waals surface area contributed by atoms with E-state index in [0.29, 0.717) is 0 Å². The van der Waals surface area contributed by atoms with Crippen LogP contribution in [0.2, 0.25) is 0 Å². The molecule has 0 fully saturated rings. The SMILES string of the molecule is NC(N)=NNC(=O)c1cccc(C(=O)NN=C(N)N)c1. The minimum Gasteiger partial charge on any atom is -0.369 e. The number of nitrogens with zero attached hydrogens (tertiary/aromatic N) is 2. The van der Waals surface area contributed by atoms with Crippen molar-refractivity contribution < 1.29 is 9.59 Å². The van der Waals surface area contributed by atoms with Crippen molar-refractivity contribution in [3.05, 3.63) is 35.4 Å². The fourth-order valence-electron chi connectivity index (χ4n) is 1.16. The van der Waals surface area contributed by atoms with Gasteiger partial charge in [0.1, 0.15) is 0 Å². The van der Waals surface area contributed by atoms with Crippen molar-refractivity contribution in [3.8, 4) is 0 Å². The molecule has 106 valence electrons. The van der Waals surface area contributed by atoms with Gasteiger partial charge in [-0.1, -0.05) is 6.07 Å². The molecule has 0 radical (unpaired) electrons. The standard InChI is InChI=1S/C10H14N8O2/c11-9(12)17-15-7(19)5-2-1-3-6(4-5)8(20)16-18-10(13)14/h1-4H,(H,15,19)(H,16,20)(H4,11,12,17)(H4,13,14,18). The summed E-state index contributed by atoms with van der Waals surface area (Å²) in [6.45, 7) is 0. The van der Waals surface area contributed by atoms with Crippen molar-refractivity contribution in [3.63, 3.8) is 0 Å². The number of carbonyl (C=O) groups is 2. The Hall–Kier alpha value is -3.30. The van der Waals surface area contributed by atoms with E-state index in [9.17, 15) is 9.59 Å². The topological polar surface area (TPSA) is 187 Å². The van der Waals surface area contributed by atoms with Crippen LogP contribution >= 0.6 is 0 Å². The summed E-state index contributed by atoms with van der Waals surface area (Å²) in [5, 5.41) is 6.70. The van der Waals surface area contributed by atoms with Crippen molar-refractivity contribution in [1.29, 1.82) is 0 Å². The summed E-state index contributed by atoms with van der Waals surface area (Å²) >= 11 is 0.